The van der Waals surface area contributed by atoms with E-state index in [0.29, 0.717) is 5.56 Å². The second kappa shape index (κ2) is 6.83. The lowest BCUT2D eigenvalue weighted by Gasteiger charge is -1.95. The lowest BCUT2D eigenvalue weighted by atomic mass is 10.2. The summed E-state index contributed by atoms with van der Waals surface area (Å²) < 4.78 is 29.6. The predicted octanol–water partition coefficient (Wildman–Crippen LogP) is 2.63. The van der Waals surface area contributed by atoms with Crippen LogP contribution < -0.4 is 0 Å². The second-order valence-corrected chi connectivity index (χ2v) is 5.38. The molecule has 0 amide bonds. The van der Waals surface area contributed by atoms with E-state index in [1.54, 1.807) is 42.5 Å². The van der Waals surface area contributed by atoms with Crippen molar-refractivity contribution in [3.63, 3.8) is 0 Å². The van der Waals surface area contributed by atoms with Gasteiger partial charge in [0, 0.05) is 0 Å². The Bertz CT molecular complexity index is 660. The van der Waals surface area contributed by atoms with E-state index in [9.17, 15) is 13.2 Å². The molecule has 5 nitrogen and oxygen atoms in total. The standard InChI is InChI=1S/C7H8O3S.C7H6O2/c1-6-2-4-7(5-3-6)11(8,9)10;8-7(9)6-4-2-1-3-5-6/h2-5H,1H3,(H,8,9,10);1-5H,(H,8,9). The van der Waals surface area contributed by atoms with Gasteiger partial charge in [-0.25, -0.2) is 4.79 Å². The van der Waals surface area contributed by atoms with Crippen LogP contribution in [0.2, 0.25) is 0 Å². The molecule has 0 saturated carbocycles. The molecule has 2 aromatic carbocycles. The molecule has 0 spiro atoms. The summed E-state index contributed by atoms with van der Waals surface area (Å²) in [6, 6.07) is 14.3. The Morgan fingerprint density at radius 1 is 0.950 bits per heavy atom. The van der Waals surface area contributed by atoms with Crippen LogP contribution >= 0.6 is 0 Å². The van der Waals surface area contributed by atoms with Gasteiger partial charge >= 0.3 is 5.97 Å². The van der Waals surface area contributed by atoms with Crippen molar-refractivity contribution < 1.29 is 22.9 Å². The first-order chi connectivity index (χ1) is 9.30. The monoisotopic (exact) mass is 294 g/mol. The van der Waals surface area contributed by atoms with Crippen LogP contribution in [0.5, 0.6) is 0 Å². The normalized spacial score (nSPS) is 10.3. The van der Waals surface area contributed by atoms with Gasteiger partial charge in [-0.1, -0.05) is 35.9 Å². The van der Waals surface area contributed by atoms with Gasteiger partial charge in [0.25, 0.3) is 10.1 Å². The largest absolute Gasteiger partial charge is 0.478 e. The number of aryl methyl sites for hydroxylation is 1. The maximum atomic E-state index is 10.5. The van der Waals surface area contributed by atoms with E-state index in [-0.39, 0.29) is 4.90 Å². The van der Waals surface area contributed by atoms with Crippen molar-refractivity contribution in [2.24, 2.45) is 0 Å². The van der Waals surface area contributed by atoms with E-state index in [1.165, 1.54) is 12.1 Å². The minimum absolute atomic E-state index is 0.0666. The highest BCUT2D eigenvalue weighted by atomic mass is 32.2. The van der Waals surface area contributed by atoms with Crippen LogP contribution in [0.25, 0.3) is 0 Å². The Balaban J connectivity index is 0.000000204. The van der Waals surface area contributed by atoms with Crippen LogP contribution in [-0.2, 0) is 10.1 Å². The molecular weight excluding hydrogens is 280 g/mol. The van der Waals surface area contributed by atoms with E-state index < -0.39 is 16.1 Å². The lowest BCUT2D eigenvalue weighted by Crippen LogP contribution is -1.96. The summed E-state index contributed by atoms with van der Waals surface area (Å²) in [4.78, 5) is 10.1. The fourth-order valence-corrected chi connectivity index (χ4v) is 1.77. The number of rotatable bonds is 2. The van der Waals surface area contributed by atoms with Crippen LogP contribution in [0.15, 0.2) is 59.5 Å². The van der Waals surface area contributed by atoms with E-state index in [2.05, 4.69) is 0 Å². The zero-order valence-corrected chi connectivity index (χ0v) is 11.5. The lowest BCUT2D eigenvalue weighted by molar-refractivity contribution is 0.0697. The summed E-state index contributed by atoms with van der Waals surface area (Å²) in [7, 11) is -4.02. The SMILES string of the molecule is Cc1ccc(S(=O)(=O)O)cc1.O=C(O)c1ccccc1. The van der Waals surface area contributed by atoms with Gasteiger partial charge in [0.1, 0.15) is 0 Å². The molecule has 0 unspecified atom stereocenters. The van der Waals surface area contributed by atoms with Crippen molar-refractivity contribution in [1.82, 2.24) is 0 Å². The van der Waals surface area contributed by atoms with Crippen molar-refractivity contribution >= 4 is 16.1 Å². The van der Waals surface area contributed by atoms with E-state index >= 15 is 0 Å². The number of carboxylic acids is 1. The summed E-state index contributed by atoms with van der Waals surface area (Å²) in [5, 5.41) is 8.38. The van der Waals surface area contributed by atoms with Gasteiger partial charge in [-0.2, -0.15) is 8.42 Å². The van der Waals surface area contributed by atoms with E-state index in [4.69, 9.17) is 9.66 Å². The fourth-order valence-electron chi connectivity index (χ4n) is 1.29. The highest BCUT2D eigenvalue weighted by Gasteiger charge is 2.06. The molecule has 20 heavy (non-hydrogen) atoms. The third-order valence-electron chi connectivity index (χ3n) is 2.34. The first-order valence-corrected chi connectivity index (χ1v) is 7.07. The molecule has 0 aliphatic rings. The average Bonchev–Trinajstić information content (AvgIpc) is 2.40. The summed E-state index contributed by atoms with van der Waals surface area (Å²) >= 11 is 0. The van der Waals surface area contributed by atoms with Gasteiger partial charge in [-0.05, 0) is 31.2 Å². The topological polar surface area (TPSA) is 91.7 Å². The molecule has 0 radical (unpaired) electrons. The number of hydrogen-bond acceptors (Lipinski definition) is 3. The molecule has 0 aliphatic carbocycles. The average molecular weight is 294 g/mol. The number of benzene rings is 2. The Hall–Kier alpha value is -2.18. The van der Waals surface area contributed by atoms with Crippen molar-refractivity contribution in [2.45, 2.75) is 11.8 Å². The molecule has 106 valence electrons. The molecule has 0 atom stereocenters. The minimum atomic E-state index is -4.02. The highest BCUT2D eigenvalue weighted by Crippen LogP contribution is 2.08. The zero-order valence-electron chi connectivity index (χ0n) is 10.7. The molecule has 2 rings (SSSR count). The first kappa shape index (κ1) is 15.9. The Morgan fingerprint density at radius 3 is 1.80 bits per heavy atom. The molecular formula is C14H14O5S. The van der Waals surface area contributed by atoms with Gasteiger partial charge in [-0.15, -0.1) is 0 Å². The molecule has 2 aromatic rings. The molecule has 0 aromatic heterocycles. The van der Waals surface area contributed by atoms with Crippen LogP contribution in [0.4, 0.5) is 0 Å². The predicted molar refractivity (Wildman–Crippen MR) is 74.4 cm³/mol. The molecule has 2 N–H and O–H groups in total. The molecule has 0 aliphatic heterocycles. The summed E-state index contributed by atoms with van der Waals surface area (Å²) in [6.45, 7) is 1.84. The third-order valence-corrected chi connectivity index (χ3v) is 3.21. The van der Waals surface area contributed by atoms with E-state index in [0.717, 1.165) is 5.56 Å². The zero-order chi connectivity index (χ0) is 15.2. The number of aromatic carboxylic acids is 1. The van der Waals surface area contributed by atoms with Crippen molar-refractivity contribution in [2.75, 3.05) is 0 Å². The Morgan fingerprint density at radius 2 is 1.45 bits per heavy atom. The number of hydrogen-bond donors (Lipinski definition) is 2. The highest BCUT2D eigenvalue weighted by molar-refractivity contribution is 7.85. The molecule has 6 heteroatoms. The smallest absolute Gasteiger partial charge is 0.335 e. The summed E-state index contributed by atoms with van der Waals surface area (Å²) in [6.07, 6.45) is 0. The third kappa shape index (κ3) is 5.21. The van der Waals surface area contributed by atoms with Crippen molar-refractivity contribution in [1.29, 1.82) is 0 Å². The molecule has 0 bridgehead atoms. The number of carbonyl (C=O) groups is 1. The maximum absolute atomic E-state index is 10.5. The molecule has 0 saturated heterocycles. The van der Waals surface area contributed by atoms with Gasteiger partial charge in [0.2, 0.25) is 0 Å². The van der Waals surface area contributed by atoms with Crippen LogP contribution in [-0.4, -0.2) is 24.0 Å². The molecule has 0 fully saturated rings. The quantitative estimate of drug-likeness (QED) is 0.831. The maximum Gasteiger partial charge on any atom is 0.335 e. The van der Waals surface area contributed by atoms with Crippen LogP contribution in [0, 0.1) is 6.92 Å². The Kier molecular flexibility index (Phi) is 5.42. The van der Waals surface area contributed by atoms with E-state index in [1.807, 2.05) is 6.92 Å². The van der Waals surface area contributed by atoms with Gasteiger partial charge in [0.15, 0.2) is 0 Å². The van der Waals surface area contributed by atoms with Gasteiger partial charge in [-0.3, -0.25) is 4.55 Å². The van der Waals surface area contributed by atoms with Gasteiger partial charge in [0.05, 0.1) is 10.5 Å². The van der Waals surface area contributed by atoms with Crippen molar-refractivity contribution in [3.8, 4) is 0 Å². The Labute approximate surface area is 117 Å². The summed E-state index contributed by atoms with van der Waals surface area (Å²) in [5.74, 6) is -0.879. The number of carboxylic acid groups (broad SMARTS) is 1. The van der Waals surface area contributed by atoms with Crippen molar-refractivity contribution in [3.05, 3.63) is 65.7 Å². The molecule has 0 heterocycles. The first-order valence-electron chi connectivity index (χ1n) is 5.63. The summed E-state index contributed by atoms with van der Waals surface area (Å²) in [5.41, 5.74) is 1.29. The second-order valence-electron chi connectivity index (χ2n) is 3.96. The van der Waals surface area contributed by atoms with Gasteiger partial charge < -0.3 is 5.11 Å². The van der Waals surface area contributed by atoms with Crippen LogP contribution in [0.1, 0.15) is 15.9 Å². The fraction of sp³-hybridized carbons (Fsp3) is 0.0714. The minimum Gasteiger partial charge on any atom is -0.478 e. The van der Waals surface area contributed by atoms with Crippen LogP contribution in [0.3, 0.4) is 0 Å².